The predicted molar refractivity (Wildman–Crippen MR) is 148 cm³/mol. The van der Waals surface area contributed by atoms with Gasteiger partial charge in [-0.2, -0.15) is 0 Å². The van der Waals surface area contributed by atoms with E-state index in [1.54, 1.807) is 7.11 Å². The fourth-order valence-electron chi connectivity index (χ4n) is 5.17. The Kier molecular flexibility index (Phi) is 6.18. The molecule has 3 nitrogen and oxygen atoms in total. The van der Waals surface area contributed by atoms with Crippen LogP contribution >= 0.6 is 0 Å². The van der Waals surface area contributed by atoms with Crippen molar-refractivity contribution in [1.29, 1.82) is 0 Å². The van der Waals surface area contributed by atoms with Crippen molar-refractivity contribution in [2.75, 3.05) is 16.9 Å². The number of benzene rings is 3. The summed E-state index contributed by atoms with van der Waals surface area (Å²) in [6.07, 6.45) is 0. The van der Waals surface area contributed by atoms with E-state index in [1.165, 1.54) is 45.0 Å². The van der Waals surface area contributed by atoms with Crippen molar-refractivity contribution >= 4 is 22.7 Å². The summed E-state index contributed by atoms with van der Waals surface area (Å²) >= 11 is 0. The maximum Gasteiger partial charge on any atom is 0.122 e. The van der Waals surface area contributed by atoms with E-state index in [1.807, 2.05) is 0 Å². The first kappa shape index (κ1) is 24.2. The lowest BCUT2D eigenvalue weighted by Gasteiger charge is -2.44. The van der Waals surface area contributed by atoms with Gasteiger partial charge in [0.15, 0.2) is 0 Å². The second kappa shape index (κ2) is 8.69. The molecule has 0 spiro atoms. The van der Waals surface area contributed by atoms with Crippen LogP contribution in [0.4, 0.5) is 22.7 Å². The molecule has 3 aromatic rings. The van der Waals surface area contributed by atoms with E-state index in [2.05, 4.69) is 121 Å². The predicted octanol–water partition coefficient (Wildman–Crippen LogP) is 8.68. The molecule has 0 saturated heterocycles. The third-order valence-electron chi connectivity index (χ3n) is 6.94. The Labute approximate surface area is 206 Å². The smallest absolute Gasteiger partial charge is 0.122 e. The Balaban J connectivity index is 1.94. The molecule has 1 aliphatic rings. The van der Waals surface area contributed by atoms with Crippen LogP contribution in [0, 0.1) is 13.8 Å². The van der Waals surface area contributed by atoms with Crippen LogP contribution < -0.4 is 14.5 Å². The quantitative estimate of drug-likeness (QED) is 0.390. The first-order valence-corrected chi connectivity index (χ1v) is 12.5. The van der Waals surface area contributed by atoms with Gasteiger partial charge in [0, 0.05) is 12.1 Å². The monoisotopic (exact) mass is 456 g/mol. The maximum absolute atomic E-state index is 5.55. The summed E-state index contributed by atoms with van der Waals surface area (Å²) in [7, 11) is 1.74. The van der Waals surface area contributed by atoms with Gasteiger partial charge in [0.05, 0.1) is 29.9 Å². The summed E-state index contributed by atoms with van der Waals surface area (Å²) < 4.78 is 5.55. The minimum atomic E-state index is 0.105. The molecule has 0 atom stereocenters. The summed E-state index contributed by atoms with van der Waals surface area (Å²) in [6.45, 7) is 20.3. The second-order valence-electron chi connectivity index (χ2n) is 11.2. The second-order valence-corrected chi connectivity index (χ2v) is 11.2. The highest BCUT2D eigenvalue weighted by Gasteiger charge is 2.32. The Bertz CT molecular complexity index is 1220. The number of aryl methyl sites for hydroxylation is 2. The lowest BCUT2D eigenvalue weighted by molar-refractivity contribution is 0.411. The molecule has 1 aliphatic heterocycles. The van der Waals surface area contributed by atoms with Gasteiger partial charge in [-0.25, -0.2) is 0 Å². The van der Waals surface area contributed by atoms with Crippen molar-refractivity contribution < 1.29 is 4.74 Å². The number of methoxy groups -OCH3 is 1. The standard InChI is InChI=1S/C31H40N2O/c1-19(2)32-27-14-12-24(31(7,8)9)18-29(27)33(20(3)4)26-13-11-23(17-28(26)32)25-15-22(6)30(34-10)16-21(25)5/h11-20H,1-10H3. The molecule has 0 fully saturated rings. The number of hydrogen-bond donors (Lipinski definition) is 0. The van der Waals surface area contributed by atoms with Gasteiger partial charge in [0.25, 0.3) is 0 Å². The molecule has 1 heterocycles. The van der Waals surface area contributed by atoms with E-state index in [-0.39, 0.29) is 5.41 Å². The van der Waals surface area contributed by atoms with Crippen molar-refractivity contribution in [2.45, 2.75) is 79.8 Å². The van der Waals surface area contributed by atoms with Crippen molar-refractivity contribution in [3.8, 4) is 16.9 Å². The summed E-state index contributed by atoms with van der Waals surface area (Å²) in [6, 6.07) is 19.1. The van der Waals surface area contributed by atoms with Gasteiger partial charge in [-0.3, -0.25) is 0 Å². The van der Waals surface area contributed by atoms with Crippen LogP contribution in [0.25, 0.3) is 11.1 Å². The summed E-state index contributed by atoms with van der Waals surface area (Å²) in [5.74, 6) is 0.942. The van der Waals surface area contributed by atoms with E-state index in [9.17, 15) is 0 Å². The van der Waals surface area contributed by atoms with Crippen LogP contribution in [0.5, 0.6) is 5.75 Å². The molecule has 0 aromatic heterocycles. The third kappa shape index (κ3) is 4.06. The molecule has 0 aliphatic carbocycles. The Morgan fingerprint density at radius 1 is 0.676 bits per heavy atom. The zero-order valence-corrected chi connectivity index (χ0v) is 22.6. The van der Waals surface area contributed by atoms with E-state index in [0.717, 1.165) is 11.3 Å². The molecule has 180 valence electrons. The van der Waals surface area contributed by atoms with Gasteiger partial charge in [0.2, 0.25) is 0 Å². The van der Waals surface area contributed by atoms with Gasteiger partial charge < -0.3 is 14.5 Å². The molecule has 4 rings (SSSR count). The number of fused-ring (bicyclic) bond motifs is 2. The summed E-state index contributed by atoms with van der Waals surface area (Å²) in [5, 5.41) is 0. The highest BCUT2D eigenvalue weighted by atomic mass is 16.5. The van der Waals surface area contributed by atoms with E-state index >= 15 is 0 Å². The Hall–Kier alpha value is -2.94. The van der Waals surface area contributed by atoms with Crippen molar-refractivity contribution in [2.24, 2.45) is 0 Å². The zero-order valence-electron chi connectivity index (χ0n) is 22.6. The topological polar surface area (TPSA) is 15.7 Å². The lowest BCUT2D eigenvalue weighted by Crippen LogP contribution is -2.37. The van der Waals surface area contributed by atoms with Gasteiger partial charge in [-0.1, -0.05) is 32.9 Å². The summed E-state index contributed by atoms with van der Waals surface area (Å²) in [4.78, 5) is 5.01. The normalized spacial score (nSPS) is 13.4. The largest absolute Gasteiger partial charge is 0.496 e. The van der Waals surface area contributed by atoms with Crippen LogP contribution in [-0.4, -0.2) is 19.2 Å². The Morgan fingerprint density at radius 2 is 1.24 bits per heavy atom. The molecule has 0 amide bonds. The molecule has 0 unspecified atom stereocenters. The highest BCUT2D eigenvalue weighted by Crippen LogP contribution is 2.52. The molecule has 0 N–H and O–H groups in total. The van der Waals surface area contributed by atoms with Gasteiger partial charge in [-0.15, -0.1) is 0 Å². The van der Waals surface area contributed by atoms with Crippen LogP contribution in [0.3, 0.4) is 0 Å². The number of rotatable bonds is 4. The Morgan fingerprint density at radius 3 is 1.76 bits per heavy atom. The molecular formula is C31H40N2O. The molecule has 0 saturated carbocycles. The maximum atomic E-state index is 5.55. The van der Waals surface area contributed by atoms with Gasteiger partial charge in [-0.05, 0) is 111 Å². The lowest BCUT2D eigenvalue weighted by atomic mass is 9.85. The SMILES string of the molecule is COc1cc(C)c(-c2ccc3c(c2)N(C(C)C)c2ccc(C(C)(C)C)cc2N3C(C)C)cc1C. The fourth-order valence-corrected chi connectivity index (χ4v) is 5.17. The average molecular weight is 457 g/mol. The number of anilines is 4. The highest BCUT2D eigenvalue weighted by molar-refractivity contribution is 5.96. The molecule has 3 heteroatoms. The number of nitrogens with zero attached hydrogens (tertiary/aromatic N) is 2. The minimum absolute atomic E-state index is 0.105. The third-order valence-corrected chi connectivity index (χ3v) is 6.94. The number of hydrogen-bond acceptors (Lipinski definition) is 3. The minimum Gasteiger partial charge on any atom is -0.496 e. The molecule has 3 aromatic carbocycles. The van der Waals surface area contributed by atoms with Crippen molar-refractivity contribution in [3.63, 3.8) is 0 Å². The molecule has 0 radical (unpaired) electrons. The van der Waals surface area contributed by atoms with Gasteiger partial charge >= 0.3 is 0 Å². The van der Waals surface area contributed by atoms with Crippen LogP contribution in [-0.2, 0) is 5.41 Å². The first-order chi connectivity index (χ1) is 15.9. The van der Waals surface area contributed by atoms with E-state index in [0.29, 0.717) is 12.1 Å². The number of ether oxygens (including phenoxy) is 1. The molecule has 34 heavy (non-hydrogen) atoms. The van der Waals surface area contributed by atoms with E-state index in [4.69, 9.17) is 4.74 Å². The van der Waals surface area contributed by atoms with E-state index < -0.39 is 0 Å². The average Bonchev–Trinajstić information content (AvgIpc) is 2.76. The fraction of sp³-hybridized carbons (Fsp3) is 0.419. The summed E-state index contributed by atoms with van der Waals surface area (Å²) in [5.41, 5.74) is 11.5. The van der Waals surface area contributed by atoms with Crippen molar-refractivity contribution in [1.82, 2.24) is 0 Å². The molecular weight excluding hydrogens is 416 g/mol. The van der Waals surface area contributed by atoms with Crippen LogP contribution in [0.2, 0.25) is 0 Å². The first-order valence-electron chi connectivity index (χ1n) is 12.5. The zero-order chi connectivity index (χ0) is 24.9. The van der Waals surface area contributed by atoms with Crippen LogP contribution in [0.15, 0.2) is 48.5 Å². The molecule has 0 bridgehead atoms. The van der Waals surface area contributed by atoms with Crippen LogP contribution in [0.1, 0.15) is 65.2 Å². The van der Waals surface area contributed by atoms with Gasteiger partial charge in [0.1, 0.15) is 5.75 Å². The van der Waals surface area contributed by atoms with Crippen molar-refractivity contribution in [3.05, 3.63) is 65.2 Å².